The predicted molar refractivity (Wildman–Crippen MR) is 76.6 cm³/mol. The largest absolute Gasteiger partial charge is 2.00 e. The van der Waals surface area contributed by atoms with Gasteiger partial charge >= 0.3 is 17.4 Å². The van der Waals surface area contributed by atoms with Crippen molar-refractivity contribution in [2.24, 2.45) is 11.8 Å². The molecule has 2 unspecified atom stereocenters. The molecule has 0 spiro atoms. The summed E-state index contributed by atoms with van der Waals surface area (Å²) in [5, 5.41) is 20.7. The molecule has 0 radical (unpaired) electrons. The van der Waals surface area contributed by atoms with Gasteiger partial charge in [0.1, 0.15) is 0 Å². The van der Waals surface area contributed by atoms with Gasteiger partial charge in [0.25, 0.3) is 0 Å². The maximum atomic E-state index is 10.3. The van der Waals surface area contributed by atoms with Gasteiger partial charge in [-0.1, -0.05) is 53.4 Å². The quantitative estimate of drug-likeness (QED) is 0.384. The van der Waals surface area contributed by atoms with Crippen LogP contribution in [0, 0.1) is 11.8 Å². The molecule has 132 valence electrons. The summed E-state index contributed by atoms with van der Waals surface area (Å²) in [5.41, 5.74) is 0. The monoisotopic (exact) mass is 465 g/mol. The number of halogens is 1. The molecule has 0 aromatic heterocycles. The van der Waals surface area contributed by atoms with Crippen molar-refractivity contribution in [3.8, 4) is 0 Å². The van der Waals surface area contributed by atoms with Gasteiger partial charge in [0.15, 0.2) is 0 Å². The van der Waals surface area contributed by atoms with Crippen LogP contribution in [0.5, 0.6) is 0 Å². The van der Waals surface area contributed by atoms with Crippen molar-refractivity contribution in [2.45, 2.75) is 79.1 Å². The molecule has 2 atom stereocenters. The summed E-state index contributed by atoms with van der Waals surface area (Å²) >= 11 is 0. The molecule has 0 aliphatic heterocycles. The Morgan fingerprint density at radius 3 is 1.18 bits per heavy atom. The summed E-state index contributed by atoms with van der Waals surface area (Å²) < 4.78 is 0. The molecule has 0 bridgehead atoms. The molecule has 4 nitrogen and oxygen atoms in total. The topological polar surface area (TPSA) is 80.3 Å². The van der Waals surface area contributed by atoms with E-state index >= 15 is 0 Å². The first kappa shape index (κ1) is 30.1. The van der Waals surface area contributed by atoms with Crippen molar-refractivity contribution >= 4 is 11.9 Å². The fourth-order valence-corrected chi connectivity index (χ4v) is 1.88. The minimum atomic E-state index is -0.893. The van der Waals surface area contributed by atoms with E-state index in [1.165, 1.54) is 0 Å². The third-order valence-corrected chi connectivity index (χ3v) is 3.46. The average Bonchev–Trinajstić information content (AvgIpc) is 2.40. The van der Waals surface area contributed by atoms with Crippen LogP contribution in [0.25, 0.3) is 0 Å². The molecule has 0 amide bonds. The van der Waals surface area contributed by atoms with Crippen molar-refractivity contribution in [3.63, 3.8) is 0 Å². The van der Waals surface area contributed by atoms with Crippen LogP contribution in [0.2, 0.25) is 0 Å². The number of aliphatic carboxylic acids is 2. The molecule has 0 N–H and O–H groups in total. The molecule has 0 aliphatic rings. The fourth-order valence-electron chi connectivity index (χ4n) is 1.88. The van der Waals surface area contributed by atoms with Gasteiger partial charge in [0.05, 0.1) is 0 Å². The van der Waals surface area contributed by atoms with Gasteiger partial charge < -0.3 is 43.8 Å². The predicted octanol–water partition coefficient (Wildman–Crippen LogP) is -1.09. The number of carbonyl (C=O) groups excluding carboxylic acids is 2. The smallest absolute Gasteiger partial charge is 1.00 e. The Kier molecular flexibility index (Phi) is 29.0. The molecule has 0 rings (SSSR count). The van der Waals surface area contributed by atoms with E-state index < -0.39 is 11.9 Å². The van der Waals surface area contributed by atoms with E-state index in [1.54, 1.807) is 0 Å². The Hall–Kier alpha value is 0.202. The second kappa shape index (κ2) is 21.2. The number of rotatable bonds is 10. The van der Waals surface area contributed by atoms with Crippen LogP contribution in [0.1, 0.15) is 79.1 Å². The fraction of sp³-hybridized carbons (Fsp3) is 0.875. The Morgan fingerprint density at radius 1 is 0.773 bits per heavy atom. The van der Waals surface area contributed by atoms with Crippen LogP contribution in [-0.2, 0) is 27.0 Å². The van der Waals surface area contributed by atoms with Crippen molar-refractivity contribution in [3.05, 3.63) is 0 Å². The molecule has 6 heteroatoms. The third kappa shape index (κ3) is 18.3. The normalized spacial score (nSPS) is 11.8. The molecule has 0 aromatic carbocycles. The first-order valence-electron chi connectivity index (χ1n) is 7.86. The molecular weight excluding hydrogens is 435 g/mol. The van der Waals surface area contributed by atoms with Crippen molar-refractivity contribution in [2.75, 3.05) is 0 Å². The van der Waals surface area contributed by atoms with E-state index in [9.17, 15) is 19.8 Å². The average molecular weight is 465 g/mol. The molecule has 0 aromatic rings. The summed E-state index contributed by atoms with van der Waals surface area (Å²) in [6, 6.07) is 0. The SMILES string of the molecule is CCCCC(CC)C(=O)[O-].CCCCC(CC)C(=O)[O-].[Cr+2].[I-]. The second-order valence-electron chi connectivity index (χ2n) is 5.13. The van der Waals surface area contributed by atoms with E-state index in [0.29, 0.717) is 12.8 Å². The van der Waals surface area contributed by atoms with Gasteiger partial charge in [-0.05, 0) is 37.5 Å². The maximum Gasteiger partial charge on any atom is 2.00 e. The molecule has 0 saturated carbocycles. The first-order chi connectivity index (χ1) is 9.44. The van der Waals surface area contributed by atoms with Crippen molar-refractivity contribution in [1.29, 1.82) is 0 Å². The molecule has 22 heavy (non-hydrogen) atoms. The summed E-state index contributed by atoms with van der Waals surface area (Å²) in [6.07, 6.45) is 7.04. The van der Waals surface area contributed by atoms with E-state index in [1.807, 2.05) is 13.8 Å². The van der Waals surface area contributed by atoms with E-state index in [4.69, 9.17) is 0 Å². The Balaban J connectivity index is -0.000000135. The minimum absolute atomic E-state index is 0. The Morgan fingerprint density at radius 2 is 1.05 bits per heavy atom. The summed E-state index contributed by atoms with van der Waals surface area (Å²) in [7, 11) is 0. The van der Waals surface area contributed by atoms with E-state index in [0.717, 1.165) is 38.5 Å². The van der Waals surface area contributed by atoms with E-state index in [-0.39, 0.29) is 53.2 Å². The first-order valence-corrected chi connectivity index (χ1v) is 7.86. The van der Waals surface area contributed by atoms with Crippen molar-refractivity contribution < 1.29 is 61.1 Å². The van der Waals surface area contributed by atoms with Crippen LogP contribution in [-0.4, -0.2) is 11.9 Å². The van der Waals surface area contributed by atoms with E-state index in [2.05, 4.69) is 13.8 Å². The van der Waals surface area contributed by atoms with Gasteiger partial charge in [-0.25, -0.2) is 0 Å². The molecular formula is C16H30CrIO4-. The van der Waals surface area contributed by atoms with Crippen LogP contribution >= 0.6 is 0 Å². The maximum absolute atomic E-state index is 10.3. The molecule has 0 heterocycles. The minimum Gasteiger partial charge on any atom is -1.00 e. The summed E-state index contributed by atoms with van der Waals surface area (Å²) in [6.45, 7) is 7.89. The van der Waals surface area contributed by atoms with Crippen molar-refractivity contribution in [1.82, 2.24) is 0 Å². The van der Waals surface area contributed by atoms with Gasteiger partial charge in [-0.3, -0.25) is 0 Å². The second-order valence-corrected chi connectivity index (χ2v) is 5.13. The molecule has 0 fully saturated rings. The molecule has 0 aliphatic carbocycles. The van der Waals surface area contributed by atoms with Crippen LogP contribution in [0.3, 0.4) is 0 Å². The standard InChI is InChI=1S/2C8H16O2.Cr.HI/c2*1-3-5-6-7(4-2)8(9)10;;/h2*7H,3-6H2,1-2H3,(H,9,10);;1H/q;;+2;/p-3. The number of carboxylic acid groups (broad SMARTS) is 2. The van der Waals surface area contributed by atoms with Gasteiger partial charge in [-0.15, -0.1) is 0 Å². The number of carbonyl (C=O) groups is 2. The number of unbranched alkanes of at least 4 members (excludes halogenated alkanes) is 2. The summed E-state index contributed by atoms with van der Waals surface area (Å²) in [5.74, 6) is -2.23. The van der Waals surface area contributed by atoms with Crippen LogP contribution in [0.4, 0.5) is 0 Å². The third-order valence-electron chi connectivity index (χ3n) is 3.46. The van der Waals surface area contributed by atoms with Gasteiger partial charge in [0.2, 0.25) is 0 Å². The zero-order valence-electron chi connectivity index (χ0n) is 14.2. The van der Waals surface area contributed by atoms with Crippen LogP contribution < -0.4 is 34.2 Å². The summed E-state index contributed by atoms with van der Waals surface area (Å²) in [4.78, 5) is 20.7. The zero-order valence-corrected chi connectivity index (χ0v) is 17.7. The number of carboxylic acids is 2. The Bertz CT molecular complexity index is 237. The molecule has 0 saturated heterocycles. The Labute approximate surface area is 163 Å². The number of hydrogen-bond acceptors (Lipinski definition) is 4. The zero-order chi connectivity index (χ0) is 16.0. The van der Waals surface area contributed by atoms with Gasteiger partial charge in [0, 0.05) is 11.9 Å². The number of hydrogen-bond donors (Lipinski definition) is 0. The van der Waals surface area contributed by atoms with Gasteiger partial charge in [-0.2, -0.15) is 0 Å². The van der Waals surface area contributed by atoms with Crippen LogP contribution in [0.15, 0.2) is 0 Å².